The average molecular weight is 519 g/mol. The van der Waals surface area contributed by atoms with E-state index in [1.165, 1.54) is 19.2 Å². The van der Waals surface area contributed by atoms with E-state index in [2.05, 4.69) is 23.7 Å². The summed E-state index contributed by atoms with van der Waals surface area (Å²) < 4.78 is 42.4. The van der Waals surface area contributed by atoms with Gasteiger partial charge in [-0.15, -0.1) is 4.37 Å². The number of hydrogen-bond acceptors (Lipinski definition) is 8. The molecule has 0 saturated carbocycles. The van der Waals surface area contributed by atoms with E-state index < -0.39 is 10.0 Å². The number of methoxy groups -OCH3 is 1. The van der Waals surface area contributed by atoms with Gasteiger partial charge in [-0.2, -0.15) is 4.37 Å². The third-order valence-electron chi connectivity index (χ3n) is 6.07. The standard InChI is InChI=1S/C21H22N6O4S3/c1-31-20-19(23-33-24-20)25-34(29,30)16-7-5-15(6-8-16)22-21(32)26-10-13-9-14(12-26)17-3-2-4-18(28)27(17)11-13/h2-8,13-14H,9-12H2,1H3,(H,22,32)(H,23,25)/t13-,14?/m1/s1. The second-order valence-electron chi connectivity index (χ2n) is 8.29. The zero-order chi connectivity index (χ0) is 23.9. The number of nitrogens with one attached hydrogen (secondary N) is 2. The average Bonchev–Trinajstić information content (AvgIpc) is 3.26. The quantitative estimate of drug-likeness (QED) is 0.491. The molecule has 0 amide bonds. The predicted octanol–water partition coefficient (Wildman–Crippen LogP) is 2.33. The van der Waals surface area contributed by atoms with Crippen molar-refractivity contribution in [2.24, 2.45) is 5.92 Å². The van der Waals surface area contributed by atoms with Crippen molar-refractivity contribution in [3.63, 3.8) is 0 Å². The molecule has 13 heteroatoms. The number of likely N-dealkylation sites (tertiary alicyclic amines) is 1. The highest BCUT2D eigenvalue weighted by Crippen LogP contribution is 2.35. The Morgan fingerprint density at radius 3 is 2.71 bits per heavy atom. The number of piperidine rings is 1. The maximum absolute atomic E-state index is 12.7. The molecule has 0 spiro atoms. The molecule has 34 heavy (non-hydrogen) atoms. The van der Waals surface area contributed by atoms with Gasteiger partial charge in [0.1, 0.15) is 0 Å². The number of pyridine rings is 1. The Morgan fingerprint density at radius 1 is 1.15 bits per heavy atom. The minimum Gasteiger partial charge on any atom is -0.478 e. The Bertz CT molecular complexity index is 1390. The molecule has 2 bridgehead atoms. The van der Waals surface area contributed by atoms with Gasteiger partial charge in [-0.25, -0.2) is 8.42 Å². The zero-order valence-electron chi connectivity index (χ0n) is 18.2. The number of hydrogen-bond donors (Lipinski definition) is 2. The number of aromatic nitrogens is 3. The Kier molecular flexibility index (Phi) is 6.00. The van der Waals surface area contributed by atoms with Crippen LogP contribution in [0.1, 0.15) is 18.0 Å². The van der Waals surface area contributed by atoms with Crippen LogP contribution >= 0.6 is 23.9 Å². The molecule has 1 aromatic carbocycles. The van der Waals surface area contributed by atoms with E-state index in [1.54, 1.807) is 18.2 Å². The molecule has 0 radical (unpaired) electrons. The van der Waals surface area contributed by atoms with Gasteiger partial charge in [-0.1, -0.05) is 6.07 Å². The summed E-state index contributed by atoms with van der Waals surface area (Å²) in [6.45, 7) is 2.19. The maximum atomic E-state index is 12.7. The summed E-state index contributed by atoms with van der Waals surface area (Å²) in [5.74, 6) is 0.769. The smallest absolute Gasteiger partial charge is 0.271 e. The molecule has 0 aliphatic carbocycles. The van der Waals surface area contributed by atoms with Gasteiger partial charge in [0.15, 0.2) is 5.11 Å². The molecule has 2 atom stereocenters. The van der Waals surface area contributed by atoms with Gasteiger partial charge in [0, 0.05) is 43.0 Å². The van der Waals surface area contributed by atoms with Crippen LogP contribution in [0.3, 0.4) is 0 Å². The molecular formula is C21H22N6O4S3. The van der Waals surface area contributed by atoms with Crippen molar-refractivity contribution in [1.82, 2.24) is 18.2 Å². The van der Waals surface area contributed by atoms with Crippen LogP contribution in [0, 0.1) is 5.92 Å². The molecule has 178 valence electrons. The van der Waals surface area contributed by atoms with Gasteiger partial charge in [-0.05, 0) is 54.9 Å². The summed E-state index contributed by atoms with van der Waals surface area (Å²) in [4.78, 5) is 14.4. The summed E-state index contributed by atoms with van der Waals surface area (Å²) in [5, 5.41) is 3.79. The lowest BCUT2D eigenvalue weighted by Crippen LogP contribution is -2.50. The van der Waals surface area contributed by atoms with Gasteiger partial charge in [0.05, 0.1) is 23.7 Å². The van der Waals surface area contributed by atoms with Crippen LogP contribution in [0.25, 0.3) is 0 Å². The van der Waals surface area contributed by atoms with Crippen molar-refractivity contribution in [1.29, 1.82) is 0 Å². The van der Waals surface area contributed by atoms with Gasteiger partial charge in [0.25, 0.3) is 21.5 Å². The van der Waals surface area contributed by atoms with Crippen molar-refractivity contribution < 1.29 is 13.2 Å². The van der Waals surface area contributed by atoms with Crippen LogP contribution in [0.2, 0.25) is 0 Å². The molecule has 2 aliphatic rings. The Morgan fingerprint density at radius 2 is 1.94 bits per heavy atom. The van der Waals surface area contributed by atoms with E-state index in [4.69, 9.17) is 17.0 Å². The third-order valence-corrected chi connectivity index (χ3v) is 8.29. The van der Waals surface area contributed by atoms with E-state index in [0.717, 1.165) is 36.9 Å². The largest absolute Gasteiger partial charge is 0.478 e. The highest BCUT2D eigenvalue weighted by molar-refractivity contribution is 7.92. The molecule has 1 fully saturated rings. The van der Waals surface area contributed by atoms with E-state index in [-0.39, 0.29) is 28.1 Å². The first-order valence-corrected chi connectivity index (χ1v) is 13.2. The lowest BCUT2D eigenvalue weighted by molar-refractivity contribution is 0.180. The fourth-order valence-corrected chi connectivity index (χ4v) is 6.35. The topological polar surface area (TPSA) is 118 Å². The van der Waals surface area contributed by atoms with Crippen LogP contribution in [-0.2, 0) is 16.6 Å². The molecule has 3 aromatic rings. The van der Waals surface area contributed by atoms with Crippen LogP contribution < -0.4 is 20.3 Å². The minimum absolute atomic E-state index is 0.0513. The monoisotopic (exact) mass is 518 g/mol. The number of rotatable bonds is 5. The first-order chi connectivity index (χ1) is 16.3. The summed E-state index contributed by atoms with van der Waals surface area (Å²) in [6.07, 6.45) is 1.04. The molecular weight excluding hydrogens is 496 g/mol. The van der Waals surface area contributed by atoms with Gasteiger partial charge < -0.3 is 19.5 Å². The number of anilines is 2. The minimum atomic E-state index is -3.85. The Labute approximate surface area is 205 Å². The molecule has 10 nitrogen and oxygen atoms in total. The summed E-state index contributed by atoms with van der Waals surface area (Å²) >= 11 is 6.51. The summed E-state index contributed by atoms with van der Waals surface area (Å²) in [7, 11) is -2.45. The first kappa shape index (κ1) is 22.7. The van der Waals surface area contributed by atoms with Crippen molar-refractivity contribution >= 4 is 50.6 Å². The number of sulfonamides is 1. The Hall–Kier alpha value is -3.03. The SMILES string of the molecule is COc1nsnc1NS(=O)(=O)c1ccc(NC(=S)N2CC3C[C@H](C2)Cn2c3cccc2=O)cc1. The molecule has 5 rings (SSSR count). The third kappa shape index (κ3) is 4.38. The molecule has 2 aliphatic heterocycles. The lowest BCUT2D eigenvalue weighted by Gasteiger charge is -2.43. The van der Waals surface area contributed by atoms with Crippen molar-refractivity contribution in [3.8, 4) is 5.88 Å². The molecule has 1 unspecified atom stereocenters. The molecule has 1 saturated heterocycles. The number of fused-ring (bicyclic) bond motifs is 4. The van der Waals surface area contributed by atoms with Gasteiger partial charge in [0.2, 0.25) is 5.82 Å². The van der Waals surface area contributed by atoms with Crippen LogP contribution in [0.4, 0.5) is 11.5 Å². The normalized spacial score (nSPS) is 19.3. The number of nitrogens with zero attached hydrogens (tertiary/aromatic N) is 4. The Balaban J connectivity index is 1.26. The van der Waals surface area contributed by atoms with Crippen molar-refractivity contribution in [3.05, 3.63) is 58.5 Å². The van der Waals surface area contributed by atoms with E-state index in [1.807, 2.05) is 16.7 Å². The highest BCUT2D eigenvalue weighted by Gasteiger charge is 2.35. The number of benzene rings is 1. The zero-order valence-corrected chi connectivity index (χ0v) is 20.6. The number of ether oxygens (including phenoxy) is 1. The van der Waals surface area contributed by atoms with E-state index >= 15 is 0 Å². The van der Waals surface area contributed by atoms with Crippen LogP contribution in [0.15, 0.2) is 52.2 Å². The van der Waals surface area contributed by atoms with Crippen LogP contribution in [-0.4, -0.2) is 51.9 Å². The lowest BCUT2D eigenvalue weighted by atomic mass is 9.83. The fourth-order valence-electron chi connectivity index (χ4n) is 4.55. The summed E-state index contributed by atoms with van der Waals surface area (Å²) in [6, 6.07) is 11.8. The van der Waals surface area contributed by atoms with Crippen molar-refractivity contribution in [2.75, 3.05) is 30.2 Å². The predicted molar refractivity (Wildman–Crippen MR) is 133 cm³/mol. The van der Waals surface area contributed by atoms with Crippen molar-refractivity contribution in [2.45, 2.75) is 23.8 Å². The van der Waals surface area contributed by atoms with E-state index in [0.29, 0.717) is 23.3 Å². The fraction of sp³-hybridized carbons (Fsp3) is 0.333. The second-order valence-corrected chi connectivity index (χ2v) is 10.9. The second kappa shape index (κ2) is 8.96. The maximum Gasteiger partial charge on any atom is 0.271 e. The molecule has 4 heterocycles. The van der Waals surface area contributed by atoms with Gasteiger partial charge >= 0.3 is 0 Å². The first-order valence-electron chi connectivity index (χ1n) is 10.6. The van der Waals surface area contributed by atoms with E-state index in [9.17, 15) is 13.2 Å². The highest BCUT2D eigenvalue weighted by atomic mass is 32.2. The molecule has 2 N–H and O–H groups in total. The van der Waals surface area contributed by atoms with Gasteiger partial charge in [-0.3, -0.25) is 9.52 Å². The number of thiocarbonyl (C=S) groups is 1. The molecule has 2 aromatic heterocycles. The van der Waals surface area contributed by atoms with Crippen LogP contribution in [0.5, 0.6) is 5.88 Å². The summed E-state index contributed by atoms with van der Waals surface area (Å²) in [5.41, 5.74) is 1.80.